The van der Waals surface area contributed by atoms with E-state index in [4.69, 9.17) is 4.74 Å². The second-order valence-corrected chi connectivity index (χ2v) is 8.63. The Labute approximate surface area is 218 Å². The maximum atomic E-state index is 14.8. The lowest BCUT2D eigenvalue weighted by Crippen LogP contribution is -2.52. The van der Waals surface area contributed by atoms with E-state index in [1.165, 1.54) is 17.0 Å². The minimum Gasteiger partial charge on any atom is -0.492 e. The number of hydrogen-bond acceptors (Lipinski definition) is 6. The van der Waals surface area contributed by atoms with Gasteiger partial charge in [-0.2, -0.15) is 8.78 Å². The zero-order valence-electron chi connectivity index (χ0n) is 20.0. The van der Waals surface area contributed by atoms with Gasteiger partial charge in [-0.3, -0.25) is 24.5 Å². The molecule has 2 aromatic rings. The van der Waals surface area contributed by atoms with Gasteiger partial charge in [-0.25, -0.2) is 0 Å². The quantitative estimate of drug-likeness (QED) is 0.333. The predicted octanol–water partition coefficient (Wildman–Crippen LogP) is 1.88. The van der Waals surface area contributed by atoms with Crippen LogP contribution in [0.15, 0.2) is 42.5 Å². The number of carbonyl (C=O) groups excluding carboxylic acids is 4. The van der Waals surface area contributed by atoms with Gasteiger partial charge in [-0.05, 0) is 42.8 Å². The lowest BCUT2D eigenvalue weighted by atomic mass is 10.0. The monoisotopic (exact) mass is 536 g/mol. The summed E-state index contributed by atoms with van der Waals surface area (Å²) in [5, 5.41) is 7.38. The van der Waals surface area contributed by atoms with Crippen molar-refractivity contribution in [2.24, 2.45) is 0 Å². The van der Waals surface area contributed by atoms with Gasteiger partial charge in [0.1, 0.15) is 18.4 Å². The molecule has 1 fully saturated rings. The molecule has 0 spiro atoms. The molecule has 1 unspecified atom stereocenters. The lowest BCUT2D eigenvalue weighted by molar-refractivity contribution is -0.147. The molecule has 4 amide bonds. The fraction of sp³-hybridized carbons (Fsp3) is 0.360. The number of hydrogen-bond donors (Lipinski definition) is 3. The molecule has 2 heterocycles. The Hall–Kier alpha value is -3.57. The Morgan fingerprint density at radius 1 is 1.19 bits per heavy atom. The van der Waals surface area contributed by atoms with Gasteiger partial charge in [0.25, 0.3) is 11.8 Å². The topological polar surface area (TPSA) is 117 Å². The number of imide groups is 1. The van der Waals surface area contributed by atoms with Crippen LogP contribution in [-0.2, 0) is 33.4 Å². The molecule has 198 valence electrons. The van der Waals surface area contributed by atoms with Crippen LogP contribution in [0.25, 0.3) is 0 Å². The van der Waals surface area contributed by atoms with Crippen LogP contribution in [0.2, 0.25) is 0 Å². The van der Waals surface area contributed by atoms with Gasteiger partial charge in [0, 0.05) is 37.2 Å². The van der Waals surface area contributed by atoms with E-state index in [1.807, 2.05) is 0 Å². The van der Waals surface area contributed by atoms with Crippen LogP contribution in [0.3, 0.4) is 0 Å². The van der Waals surface area contributed by atoms with Gasteiger partial charge in [0.05, 0.1) is 0 Å². The van der Waals surface area contributed by atoms with Crippen molar-refractivity contribution in [1.29, 1.82) is 0 Å². The molecule has 0 radical (unpaired) electrons. The molecule has 37 heavy (non-hydrogen) atoms. The Kier molecular flexibility index (Phi) is 8.82. The van der Waals surface area contributed by atoms with Crippen LogP contribution in [0.1, 0.15) is 39.9 Å². The highest BCUT2D eigenvalue weighted by Gasteiger charge is 2.41. The first kappa shape index (κ1) is 28.0. The van der Waals surface area contributed by atoms with Crippen molar-refractivity contribution in [2.45, 2.75) is 37.9 Å². The number of rotatable bonds is 9. The summed E-state index contributed by atoms with van der Waals surface area (Å²) in [5.41, 5.74) is 1.06. The second-order valence-electron chi connectivity index (χ2n) is 8.63. The van der Waals surface area contributed by atoms with E-state index in [-0.39, 0.29) is 55.9 Å². The number of alkyl halides is 2. The normalized spacial score (nSPS) is 17.1. The summed E-state index contributed by atoms with van der Waals surface area (Å²) in [6.45, 7) is 0.809. The van der Waals surface area contributed by atoms with Crippen molar-refractivity contribution in [3.8, 4) is 5.75 Å². The van der Waals surface area contributed by atoms with E-state index in [0.29, 0.717) is 29.8 Å². The first-order chi connectivity index (χ1) is 17.2. The molecule has 4 rings (SSSR count). The summed E-state index contributed by atoms with van der Waals surface area (Å²) in [6.07, 6.45) is 0.386. The number of nitrogens with zero attached hydrogens (tertiary/aromatic N) is 1. The number of piperidine rings is 1. The van der Waals surface area contributed by atoms with E-state index in [0.717, 1.165) is 12.1 Å². The number of amides is 4. The number of benzene rings is 2. The van der Waals surface area contributed by atoms with Crippen LogP contribution < -0.4 is 20.7 Å². The second kappa shape index (κ2) is 11.7. The number of halogens is 3. The molecule has 3 N–H and O–H groups in total. The van der Waals surface area contributed by atoms with E-state index < -0.39 is 29.3 Å². The highest BCUT2D eigenvalue weighted by atomic mass is 35.5. The minimum atomic E-state index is -3.78. The number of nitrogens with one attached hydrogen (secondary N) is 3. The van der Waals surface area contributed by atoms with Crippen molar-refractivity contribution in [3.05, 3.63) is 64.7 Å². The van der Waals surface area contributed by atoms with Crippen molar-refractivity contribution < 1.29 is 32.7 Å². The van der Waals surface area contributed by atoms with Gasteiger partial charge < -0.3 is 20.3 Å². The van der Waals surface area contributed by atoms with Crippen molar-refractivity contribution in [3.63, 3.8) is 0 Å². The van der Waals surface area contributed by atoms with Crippen LogP contribution in [0, 0.1) is 0 Å². The Morgan fingerprint density at radius 3 is 2.70 bits per heavy atom. The zero-order chi connectivity index (χ0) is 25.9. The average molecular weight is 537 g/mol. The van der Waals surface area contributed by atoms with Crippen molar-refractivity contribution in [1.82, 2.24) is 20.9 Å². The molecule has 0 bridgehead atoms. The fourth-order valence-electron chi connectivity index (χ4n) is 4.21. The highest BCUT2D eigenvalue weighted by molar-refractivity contribution is 6.05. The molecule has 9 nitrogen and oxygen atoms in total. The molecule has 0 aromatic heterocycles. The van der Waals surface area contributed by atoms with Gasteiger partial charge >= 0.3 is 5.92 Å². The number of fused-ring (bicyclic) bond motifs is 1. The number of ether oxygens (including phenoxy) is 1. The van der Waals surface area contributed by atoms with Gasteiger partial charge in [0.15, 0.2) is 0 Å². The Morgan fingerprint density at radius 2 is 1.97 bits per heavy atom. The van der Waals surface area contributed by atoms with Crippen molar-refractivity contribution in [2.75, 3.05) is 20.2 Å². The SMILES string of the molecule is CNCCOc1cccc(C(F)(F)C(=O)NCc2ccc3c(c2)CN(C2CCC(=O)NC2=O)C3=O)c1.Cl. The number of likely N-dealkylation sites (N-methyl/N-ethyl adjacent to an activating group) is 1. The molecule has 1 saturated heterocycles. The Bertz CT molecular complexity index is 1210. The van der Waals surface area contributed by atoms with E-state index in [2.05, 4.69) is 16.0 Å². The number of carbonyl (C=O) groups is 4. The smallest absolute Gasteiger partial charge is 0.349 e. The van der Waals surface area contributed by atoms with Crippen LogP contribution in [0.4, 0.5) is 8.78 Å². The third-order valence-corrected chi connectivity index (χ3v) is 6.14. The molecule has 12 heteroatoms. The summed E-state index contributed by atoms with van der Waals surface area (Å²) in [6, 6.07) is 9.26. The third-order valence-electron chi connectivity index (χ3n) is 6.14. The van der Waals surface area contributed by atoms with Gasteiger partial charge in [-0.15, -0.1) is 12.4 Å². The minimum absolute atomic E-state index is 0. The summed E-state index contributed by atoms with van der Waals surface area (Å²) >= 11 is 0. The van der Waals surface area contributed by atoms with Crippen LogP contribution >= 0.6 is 12.4 Å². The summed E-state index contributed by atoms with van der Waals surface area (Å²) in [4.78, 5) is 50.1. The average Bonchev–Trinajstić information content (AvgIpc) is 3.18. The Balaban J connectivity index is 0.00000380. The third kappa shape index (κ3) is 6.05. The summed E-state index contributed by atoms with van der Waals surface area (Å²) < 4.78 is 35.0. The first-order valence-electron chi connectivity index (χ1n) is 11.5. The standard InChI is InChI=1S/C25H26F2N4O5.ClH/c1-28-9-10-36-18-4-2-3-17(12-18)25(26,27)24(35)29-13-15-5-6-19-16(11-15)14-31(23(19)34)20-7-8-21(32)30-22(20)33;/h2-6,11-12,20,28H,7-10,13-14H2,1H3,(H,29,35)(H,30,32,33);1H. The van der Waals surface area contributed by atoms with E-state index in [1.54, 1.807) is 25.2 Å². The maximum absolute atomic E-state index is 14.8. The molecule has 2 aromatic carbocycles. The molecular formula is C25H27ClF2N4O5. The lowest BCUT2D eigenvalue weighted by Gasteiger charge is -2.29. The maximum Gasteiger partial charge on any atom is 0.349 e. The predicted molar refractivity (Wildman–Crippen MR) is 131 cm³/mol. The first-order valence-corrected chi connectivity index (χ1v) is 11.5. The largest absolute Gasteiger partial charge is 0.492 e. The zero-order valence-corrected chi connectivity index (χ0v) is 20.8. The van der Waals surface area contributed by atoms with Gasteiger partial charge in [-0.1, -0.05) is 24.3 Å². The molecule has 2 aliphatic rings. The summed E-state index contributed by atoms with van der Waals surface area (Å²) in [7, 11) is 1.74. The molecule has 2 aliphatic heterocycles. The van der Waals surface area contributed by atoms with E-state index >= 15 is 0 Å². The van der Waals surface area contributed by atoms with Gasteiger partial charge in [0.2, 0.25) is 11.8 Å². The molecule has 1 atom stereocenters. The van der Waals surface area contributed by atoms with Crippen LogP contribution in [-0.4, -0.2) is 54.8 Å². The summed E-state index contributed by atoms with van der Waals surface area (Å²) in [5.74, 6) is -6.23. The molecule has 0 aliphatic carbocycles. The van der Waals surface area contributed by atoms with Crippen molar-refractivity contribution >= 4 is 36.0 Å². The fourth-order valence-corrected chi connectivity index (χ4v) is 4.21. The van der Waals surface area contributed by atoms with Crippen LogP contribution in [0.5, 0.6) is 5.75 Å². The van der Waals surface area contributed by atoms with E-state index in [9.17, 15) is 28.0 Å². The molecule has 0 saturated carbocycles. The molecular weight excluding hydrogens is 510 g/mol. The highest BCUT2D eigenvalue weighted by Crippen LogP contribution is 2.31.